The van der Waals surface area contributed by atoms with Crippen LogP contribution >= 0.6 is 0 Å². The first kappa shape index (κ1) is 38.9. The predicted molar refractivity (Wildman–Crippen MR) is 192 cm³/mol. The Hall–Kier alpha value is -5.76. The summed E-state index contributed by atoms with van der Waals surface area (Å²) >= 11 is 0. The molecule has 3 aliphatic heterocycles. The van der Waals surface area contributed by atoms with Crippen LogP contribution in [0.1, 0.15) is 66.6 Å². The third-order valence-electron chi connectivity index (χ3n) is 9.89. The average Bonchev–Trinajstić information content (AvgIpc) is 3.95. The van der Waals surface area contributed by atoms with E-state index in [2.05, 4.69) is 26.3 Å². The van der Waals surface area contributed by atoms with Gasteiger partial charge in [-0.1, -0.05) is 35.5 Å². The second kappa shape index (κ2) is 16.7. The molecule has 2 saturated heterocycles. The van der Waals surface area contributed by atoms with E-state index in [0.717, 1.165) is 27.2 Å². The minimum Gasteiger partial charge on any atom is -0.378 e. The van der Waals surface area contributed by atoms with Crippen molar-refractivity contribution in [3.05, 3.63) is 70.9 Å². The van der Waals surface area contributed by atoms with Crippen LogP contribution in [0.5, 0.6) is 0 Å². The maximum Gasteiger partial charge on any atom is 0.268 e. The van der Waals surface area contributed by atoms with E-state index in [4.69, 9.17) is 4.74 Å². The Morgan fingerprint density at radius 3 is 2.60 bits per heavy atom. The van der Waals surface area contributed by atoms with Crippen molar-refractivity contribution >= 4 is 29.5 Å². The van der Waals surface area contributed by atoms with E-state index >= 15 is 0 Å². The van der Waals surface area contributed by atoms with Crippen molar-refractivity contribution in [3.8, 4) is 17.3 Å². The van der Waals surface area contributed by atoms with E-state index in [9.17, 15) is 38.0 Å². The highest BCUT2D eigenvalue weighted by molar-refractivity contribution is 5.95. The lowest BCUT2D eigenvalue weighted by atomic mass is 9.99. The number of rotatable bonds is 14. The molecule has 1 aromatic heterocycles. The Labute approximate surface area is 316 Å². The lowest BCUT2D eigenvalue weighted by Crippen LogP contribution is -2.46. The maximum atomic E-state index is 13.9. The van der Waals surface area contributed by atoms with Gasteiger partial charge in [0.05, 0.1) is 38.1 Å². The smallest absolute Gasteiger partial charge is 0.268 e. The molecule has 0 unspecified atom stereocenters. The number of nitrogens with one attached hydrogen (secondary N) is 3. The van der Waals surface area contributed by atoms with Gasteiger partial charge in [0.25, 0.3) is 11.8 Å². The zero-order valence-electron chi connectivity index (χ0n) is 30.6. The molecule has 3 atom stereocenters. The average molecular weight is 760 g/mol. The first-order chi connectivity index (χ1) is 26.3. The molecule has 290 valence electrons. The number of nitrogens with zero attached hydrogens (tertiary/aromatic N) is 6. The van der Waals surface area contributed by atoms with Gasteiger partial charge in [-0.25, -0.2) is 13.5 Å². The standard InChI is InChI=1S/C38H43F2N9O6/c1-23(2)55-13-10-33(50)42-11-12-43-35(52)25-8-6-24(7-9-25)32-21-48(46-45-32)19-27-5-3-4-26-18-47(20-30(26)27)34(51)15-28-14-31(44-36(28)53)37(54)49-22-38(39,40)16-29(49)17-41/h3-9,21,23,28-29,31H,10-16,18-20,22H2,1-2H3,(H,42,50)(H,43,52)(H,44,53)/t28-,29-,31-/m0/s1. The topological polar surface area (TPSA) is 192 Å². The fourth-order valence-corrected chi connectivity index (χ4v) is 7.03. The van der Waals surface area contributed by atoms with Crippen molar-refractivity contribution in [1.82, 2.24) is 40.7 Å². The molecule has 2 aromatic carbocycles. The number of hydrogen-bond acceptors (Lipinski definition) is 9. The van der Waals surface area contributed by atoms with E-state index < -0.39 is 48.7 Å². The summed E-state index contributed by atoms with van der Waals surface area (Å²) in [5.74, 6) is -5.89. The van der Waals surface area contributed by atoms with Gasteiger partial charge < -0.3 is 30.5 Å². The summed E-state index contributed by atoms with van der Waals surface area (Å²) in [6.07, 6.45) is 1.20. The molecule has 3 aliphatic rings. The second-order valence-corrected chi connectivity index (χ2v) is 14.3. The van der Waals surface area contributed by atoms with Gasteiger partial charge in [0.1, 0.15) is 17.8 Å². The number of benzene rings is 2. The Morgan fingerprint density at radius 2 is 1.85 bits per heavy atom. The van der Waals surface area contributed by atoms with Crippen LogP contribution in [0.3, 0.4) is 0 Å². The second-order valence-electron chi connectivity index (χ2n) is 14.3. The molecule has 17 heteroatoms. The zero-order chi connectivity index (χ0) is 39.3. The number of carbonyl (C=O) groups excluding carboxylic acids is 5. The van der Waals surface area contributed by atoms with Gasteiger partial charge in [0, 0.05) is 62.5 Å². The van der Waals surface area contributed by atoms with Crippen LogP contribution < -0.4 is 16.0 Å². The molecule has 3 N–H and O–H groups in total. The molecule has 0 saturated carbocycles. The van der Waals surface area contributed by atoms with Gasteiger partial charge in [-0.15, -0.1) is 5.10 Å². The number of nitriles is 1. The summed E-state index contributed by atoms with van der Waals surface area (Å²) < 4.78 is 34.9. The van der Waals surface area contributed by atoms with Crippen LogP contribution in [0.2, 0.25) is 0 Å². The summed E-state index contributed by atoms with van der Waals surface area (Å²) in [4.78, 5) is 66.1. The fraction of sp³-hybridized carbons (Fsp3) is 0.474. The predicted octanol–water partition coefficient (Wildman–Crippen LogP) is 2.15. The number of carbonyl (C=O) groups is 5. The number of alkyl halides is 2. The van der Waals surface area contributed by atoms with E-state index in [1.807, 2.05) is 32.0 Å². The fourth-order valence-electron chi connectivity index (χ4n) is 7.03. The summed E-state index contributed by atoms with van der Waals surface area (Å²) in [6.45, 7) is 4.89. The number of ether oxygens (including phenoxy) is 1. The van der Waals surface area contributed by atoms with Crippen LogP contribution in [0, 0.1) is 17.2 Å². The molecule has 5 amide bonds. The van der Waals surface area contributed by atoms with E-state index in [1.165, 1.54) is 0 Å². The molecule has 15 nitrogen and oxygen atoms in total. The molecule has 6 rings (SSSR count). The van der Waals surface area contributed by atoms with Crippen LogP contribution in [-0.2, 0) is 43.5 Å². The molecule has 0 bridgehead atoms. The van der Waals surface area contributed by atoms with Crippen LogP contribution in [0.25, 0.3) is 11.3 Å². The molecule has 0 radical (unpaired) electrons. The number of amides is 5. The molecule has 0 aliphatic carbocycles. The SMILES string of the molecule is CC(C)OCCC(=O)NCCNC(=O)c1ccc(-c2cn(Cc3cccc4c3CN(C(=O)C[C@@H]3C[C@@H](C(=O)N5CC(F)(F)C[C@H]5C#N)NC3=O)C4)nn2)cc1. The summed E-state index contributed by atoms with van der Waals surface area (Å²) in [5.41, 5.74) is 4.68. The first-order valence-corrected chi connectivity index (χ1v) is 18.2. The maximum absolute atomic E-state index is 13.9. The van der Waals surface area contributed by atoms with Crippen molar-refractivity contribution in [2.24, 2.45) is 5.92 Å². The minimum atomic E-state index is -3.17. The Balaban J connectivity index is 0.983. The van der Waals surface area contributed by atoms with E-state index in [0.29, 0.717) is 44.0 Å². The molecule has 2 fully saturated rings. The Bertz CT molecular complexity index is 1980. The summed E-state index contributed by atoms with van der Waals surface area (Å²) in [7, 11) is 0. The Kier molecular flexibility index (Phi) is 11.8. The summed E-state index contributed by atoms with van der Waals surface area (Å²) in [6, 6.07) is 12.1. The largest absolute Gasteiger partial charge is 0.378 e. The van der Waals surface area contributed by atoms with Gasteiger partial charge in [-0.05, 0) is 49.1 Å². The minimum absolute atomic E-state index is 0.0171. The van der Waals surface area contributed by atoms with E-state index in [-0.39, 0.29) is 49.6 Å². The van der Waals surface area contributed by atoms with Gasteiger partial charge in [0.15, 0.2) is 0 Å². The molecule has 3 aromatic rings. The molecule has 4 heterocycles. The van der Waals surface area contributed by atoms with E-state index in [1.54, 1.807) is 46.1 Å². The number of likely N-dealkylation sites (tertiary alicyclic amines) is 1. The Morgan fingerprint density at radius 1 is 1.09 bits per heavy atom. The highest BCUT2D eigenvalue weighted by Gasteiger charge is 2.50. The monoisotopic (exact) mass is 759 g/mol. The zero-order valence-corrected chi connectivity index (χ0v) is 30.6. The van der Waals surface area contributed by atoms with Crippen molar-refractivity contribution in [1.29, 1.82) is 5.26 Å². The van der Waals surface area contributed by atoms with Crippen LogP contribution in [0.15, 0.2) is 48.7 Å². The quantitative estimate of drug-likeness (QED) is 0.207. The van der Waals surface area contributed by atoms with Crippen molar-refractivity contribution in [3.63, 3.8) is 0 Å². The molecular formula is C38H43F2N9O6. The highest BCUT2D eigenvalue weighted by Crippen LogP contribution is 2.34. The van der Waals surface area contributed by atoms with Crippen molar-refractivity contribution < 1.29 is 37.5 Å². The van der Waals surface area contributed by atoms with Gasteiger partial charge in [-0.2, -0.15) is 5.26 Å². The normalized spacial score (nSPS) is 19.9. The molecular weight excluding hydrogens is 716 g/mol. The number of hydrogen-bond donors (Lipinski definition) is 3. The summed E-state index contributed by atoms with van der Waals surface area (Å²) in [5, 5.41) is 25.9. The van der Waals surface area contributed by atoms with Crippen molar-refractivity contribution in [2.45, 2.75) is 83.3 Å². The first-order valence-electron chi connectivity index (χ1n) is 18.2. The van der Waals surface area contributed by atoms with Crippen LogP contribution in [0.4, 0.5) is 8.78 Å². The number of halogens is 2. The third-order valence-corrected chi connectivity index (χ3v) is 9.89. The van der Waals surface area contributed by atoms with Gasteiger partial charge >= 0.3 is 0 Å². The molecule has 0 spiro atoms. The number of fused-ring (bicyclic) bond motifs is 1. The molecule has 55 heavy (non-hydrogen) atoms. The lowest BCUT2D eigenvalue weighted by molar-refractivity contribution is -0.135. The third kappa shape index (κ3) is 9.49. The van der Waals surface area contributed by atoms with Gasteiger partial charge in [-0.3, -0.25) is 24.0 Å². The van der Waals surface area contributed by atoms with Gasteiger partial charge in [0.2, 0.25) is 23.6 Å². The lowest BCUT2D eigenvalue weighted by Gasteiger charge is -2.22. The highest BCUT2D eigenvalue weighted by atomic mass is 19.3. The number of aromatic nitrogens is 3. The van der Waals surface area contributed by atoms with Crippen LogP contribution in [-0.4, -0.2) is 105 Å². The van der Waals surface area contributed by atoms with Crippen molar-refractivity contribution in [2.75, 3.05) is 26.2 Å².